The summed E-state index contributed by atoms with van der Waals surface area (Å²) in [5.41, 5.74) is 1.46. The monoisotopic (exact) mass is 459 g/mol. The highest BCUT2D eigenvalue weighted by molar-refractivity contribution is 6.32. The van der Waals surface area contributed by atoms with Crippen LogP contribution in [0.2, 0.25) is 10.2 Å². The number of ether oxygens (including phenoxy) is 2. The van der Waals surface area contributed by atoms with E-state index in [4.69, 9.17) is 32.7 Å². The topological polar surface area (TPSA) is 104 Å². The summed E-state index contributed by atoms with van der Waals surface area (Å²) in [4.78, 5) is 23.0. The number of hydrogen-bond donors (Lipinski definition) is 0. The van der Waals surface area contributed by atoms with Gasteiger partial charge in [0.2, 0.25) is 0 Å². The molecule has 1 fully saturated rings. The molecular weight excluding hydrogens is 445 g/mol. The molecule has 1 saturated carbocycles. The third-order valence-electron chi connectivity index (χ3n) is 4.74. The minimum Gasteiger partial charge on any atom is -0.434 e. The Morgan fingerprint density at radius 2 is 1.94 bits per heavy atom. The van der Waals surface area contributed by atoms with Crippen molar-refractivity contribution in [3.05, 3.63) is 79.4 Å². The molecule has 1 aliphatic rings. The number of halogens is 2. The maximum atomic E-state index is 12.6. The number of nitro benzene ring substituents is 1. The fourth-order valence-electron chi connectivity index (χ4n) is 3.05. The molecule has 1 heterocycles. The van der Waals surface area contributed by atoms with Gasteiger partial charge in [0.1, 0.15) is 10.8 Å². The molecule has 0 spiro atoms. The highest BCUT2D eigenvalue weighted by atomic mass is 35.5. The van der Waals surface area contributed by atoms with Crippen LogP contribution in [0.3, 0.4) is 0 Å². The van der Waals surface area contributed by atoms with Crippen LogP contribution in [0.4, 0.5) is 5.69 Å². The van der Waals surface area contributed by atoms with Crippen molar-refractivity contribution in [2.75, 3.05) is 0 Å². The van der Waals surface area contributed by atoms with Crippen LogP contribution in [0.25, 0.3) is 0 Å². The Labute approximate surface area is 186 Å². The average Bonchev–Trinajstić information content (AvgIpc) is 3.56. The normalized spacial score (nSPS) is 13.0. The van der Waals surface area contributed by atoms with Gasteiger partial charge in [-0.15, -0.1) is 10.2 Å². The van der Waals surface area contributed by atoms with Crippen LogP contribution in [0.1, 0.15) is 40.2 Å². The van der Waals surface area contributed by atoms with Crippen LogP contribution >= 0.6 is 23.2 Å². The van der Waals surface area contributed by atoms with Crippen LogP contribution in [0, 0.1) is 17.0 Å². The van der Waals surface area contributed by atoms with E-state index in [1.807, 2.05) is 25.1 Å². The second-order valence-electron chi connectivity index (χ2n) is 7.02. The van der Waals surface area contributed by atoms with Crippen molar-refractivity contribution in [2.45, 2.75) is 25.7 Å². The largest absolute Gasteiger partial charge is 0.434 e. The van der Waals surface area contributed by atoms with Gasteiger partial charge in [0, 0.05) is 12.1 Å². The SMILES string of the molecule is Cc1cccc(C2CC2)c1Oc1nnc(Cl)cc1OC(=O)c1ccc(Cl)c([N+](=O)[O-])c1. The molecule has 158 valence electrons. The van der Waals surface area contributed by atoms with Gasteiger partial charge in [-0.1, -0.05) is 41.4 Å². The molecule has 3 aromatic rings. The molecule has 1 aliphatic carbocycles. The van der Waals surface area contributed by atoms with E-state index >= 15 is 0 Å². The lowest BCUT2D eigenvalue weighted by molar-refractivity contribution is -0.384. The second-order valence-corrected chi connectivity index (χ2v) is 7.81. The van der Waals surface area contributed by atoms with E-state index < -0.39 is 16.6 Å². The number of aromatic nitrogens is 2. The number of hydrogen-bond acceptors (Lipinski definition) is 7. The average molecular weight is 460 g/mol. The Hall–Kier alpha value is -3.23. The first-order chi connectivity index (χ1) is 14.8. The molecule has 0 bridgehead atoms. The molecule has 10 heteroatoms. The van der Waals surface area contributed by atoms with E-state index in [1.54, 1.807) is 0 Å². The summed E-state index contributed by atoms with van der Waals surface area (Å²) in [5.74, 6) is 0.0720. The summed E-state index contributed by atoms with van der Waals surface area (Å²) in [6.45, 7) is 1.91. The van der Waals surface area contributed by atoms with E-state index in [-0.39, 0.29) is 27.4 Å². The van der Waals surface area contributed by atoms with Gasteiger partial charge < -0.3 is 9.47 Å². The third-order valence-corrected chi connectivity index (χ3v) is 5.24. The quantitative estimate of drug-likeness (QED) is 0.257. The molecule has 0 unspecified atom stereocenters. The molecule has 0 N–H and O–H groups in total. The molecule has 0 amide bonds. The van der Waals surface area contributed by atoms with Crippen molar-refractivity contribution in [3.63, 3.8) is 0 Å². The zero-order chi connectivity index (χ0) is 22.1. The maximum absolute atomic E-state index is 12.6. The predicted molar refractivity (Wildman–Crippen MR) is 113 cm³/mol. The van der Waals surface area contributed by atoms with Gasteiger partial charge in [0.15, 0.2) is 10.9 Å². The van der Waals surface area contributed by atoms with Crippen LogP contribution in [0.15, 0.2) is 42.5 Å². The number of nitro groups is 1. The Bertz CT molecular complexity index is 1200. The van der Waals surface area contributed by atoms with Crippen molar-refractivity contribution in [1.29, 1.82) is 0 Å². The van der Waals surface area contributed by atoms with Crippen LogP contribution < -0.4 is 9.47 Å². The van der Waals surface area contributed by atoms with Gasteiger partial charge in [-0.3, -0.25) is 10.1 Å². The molecule has 0 radical (unpaired) electrons. The molecule has 0 saturated heterocycles. The number of carbonyl (C=O) groups excluding carboxylic acids is 1. The highest BCUT2D eigenvalue weighted by Crippen LogP contribution is 2.47. The lowest BCUT2D eigenvalue weighted by atomic mass is 10.1. The molecule has 2 aromatic carbocycles. The van der Waals surface area contributed by atoms with E-state index in [0.29, 0.717) is 11.7 Å². The molecule has 4 rings (SSSR count). The first-order valence-electron chi connectivity index (χ1n) is 9.30. The Morgan fingerprint density at radius 1 is 1.16 bits per heavy atom. The van der Waals surface area contributed by atoms with E-state index in [0.717, 1.165) is 30.0 Å². The number of carbonyl (C=O) groups is 1. The minimum absolute atomic E-state index is 0.00978. The zero-order valence-electron chi connectivity index (χ0n) is 16.2. The molecule has 0 aliphatic heterocycles. The zero-order valence-corrected chi connectivity index (χ0v) is 17.7. The van der Waals surface area contributed by atoms with Crippen molar-refractivity contribution in [2.24, 2.45) is 0 Å². The Balaban J connectivity index is 1.65. The van der Waals surface area contributed by atoms with Gasteiger partial charge in [-0.2, -0.15) is 0 Å². The number of esters is 1. The number of benzene rings is 2. The summed E-state index contributed by atoms with van der Waals surface area (Å²) in [6, 6.07) is 10.7. The Kier molecular flexibility index (Phi) is 5.75. The van der Waals surface area contributed by atoms with Crippen molar-refractivity contribution >= 4 is 34.9 Å². The standard InChI is InChI=1S/C21H15Cl2N3O5/c1-11-3-2-4-14(12-5-6-12)19(11)31-20-17(10-18(23)24-25-20)30-21(27)13-7-8-15(22)16(9-13)26(28)29/h2-4,7-10,12H,5-6H2,1H3. The minimum atomic E-state index is -0.860. The van der Waals surface area contributed by atoms with Crippen molar-refractivity contribution < 1.29 is 19.2 Å². The third kappa shape index (κ3) is 4.60. The summed E-state index contributed by atoms with van der Waals surface area (Å²) >= 11 is 11.7. The van der Waals surface area contributed by atoms with Crippen LogP contribution in [0.5, 0.6) is 17.4 Å². The lowest BCUT2D eigenvalue weighted by Gasteiger charge is -2.15. The number of rotatable bonds is 6. The molecule has 31 heavy (non-hydrogen) atoms. The number of aryl methyl sites for hydroxylation is 1. The Morgan fingerprint density at radius 3 is 2.65 bits per heavy atom. The van der Waals surface area contributed by atoms with Crippen LogP contribution in [-0.4, -0.2) is 21.1 Å². The fraction of sp³-hybridized carbons (Fsp3) is 0.190. The summed E-state index contributed by atoms with van der Waals surface area (Å²) < 4.78 is 11.4. The first-order valence-corrected chi connectivity index (χ1v) is 10.1. The van der Waals surface area contributed by atoms with Gasteiger partial charge in [-0.05, 0) is 48.9 Å². The van der Waals surface area contributed by atoms with Crippen LogP contribution in [-0.2, 0) is 0 Å². The van der Waals surface area contributed by atoms with Gasteiger partial charge in [-0.25, -0.2) is 4.79 Å². The highest BCUT2D eigenvalue weighted by Gasteiger charge is 2.28. The molecular formula is C21H15Cl2N3O5. The van der Waals surface area contributed by atoms with E-state index in [2.05, 4.69) is 10.2 Å². The predicted octanol–water partition coefficient (Wildman–Crippen LogP) is 5.89. The maximum Gasteiger partial charge on any atom is 0.343 e. The molecule has 8 nitrogen and oxygen atoms in total. The summed E-state index contributed by atoms with van der Waals surface area (Å²) in [5, 5.41) is 18.7. The van der Waals surface area contributed by atoms with Gasteiger partial charge in [0.05, 0.1) is 10.5 Å². The molecule has 1 aromatic heterocycles. The van der Waals surface area contributed by atoms with Crippen molar-refractivity contribution in [1.82, 2.24) is 10.2 Å². The van der Waals surface area contributed by atoms with E-state index in [9.17, 15) is 14.9 Å². The first kappa shape index (κ1) is 21.0. The van der Waals surface area contributed by atoms with Gasteiger partial charge >= 0.3 is 5.97 Å². The second kappa shape index (κ2) is 8.49. The van der Waals surface area contributed by atoms with Crippen molar-refractivity contribution in [3.8, 4) is 17.4 Å². The lowest BCUT2D eigenvalue weighted by Crippen LogP contribution is -2.11. The fourth-order valence-corrected chi connectivity index (χ4v) is 3.37. The van der Waals surface area contributed by atoms with E-state index in [1.165, 1.54) is 18.2 Å². The number of nitrogens with zero attached hydrogens (tertiary/aromatic N) is 3. The molecule has 0 atom stereocenters. The summed E-state index contributed by atoms with van der Waals surface area (Å²) in [6.07, 6.45) is 2.15. The summed E-state index contributed by atoms with van der Waals surface area (Å²) in [7, 11) is 0. The van der Waals surface area contributed by atoms with Gasteiger partial charge in [0.25, 0.3) is 11.6 Å². The smallest absolute Gasteiger partial charge is 0.343 e. The number of para-hydroxylation sites is 1.